The molecule has 0 saturated heterocycles. The van der Waals surface area contributed by atoms with Crippen LogP contribution in [0.4, 0.5) is 13.2 Å². The molecule has 0 spiro atoms. The van der Waals surface area contributed by atoms with Crippen LogP contribution in [0.25, 0.3) is 10.9 Å². The number of imide groups is 1. The number of aromatic nitrogens is 2. The Morgan fingerprint density at radius 1 is 1.16 bits per heavy atom. The van der Waals surface area contributed by atoms with E-state index in [2.05, 4.69) is 5.10 Å². The number of carbonyl (C=O) groups is 3. The minimum absolute atomic E-state index is 0.164. The van der Waals surface area contributed by atoms with Gasteiger partial charge in [0.05, 0.1) is 28.8 Å². The number of halogens is 3. The standard InChI is InChI=1S/C22H16F3N3O4/c1-11-6-12(7-18-17(11)9-26-27(18)10-22(23,24)25)15-8-16(15)21(31)32-28-19(29)13-4-2-3-5-14(13)20(28)30/h2-7,9,15-16H,8,10H2,1H3/t15-,16+/m1/s1. The van der Waals surface area contributed by atoms with Crippen molar-refractivity contribution in [1.29, 1.82) is 0 Å². The molecule has 2 heterocycles. The Labute approximate surface area is 179 Å². The van der Waals surface area contributed by atoms with Gasteiger partial charge in [0.15, 0.2) is 0 Å². The van der Waals surface area contributed by atoms with Crippen molar-refractivity contribution in [3.05, 3.63) is 64.8 Å². The third-order valence-corrected chi connectivity index (χ3v) is 5.78. The first kappa shape index (κ1) is 20.2. The number of alkyl halides is 3. The number of aryl methyl sites for hydroxylation is 1. The minimum atomic E-state index is -4.42. The number of rotatable bonds is 4. The van der Waals surface area contributed by atoms with Crippen molar-refractivity contribution in [2.75, 3.05) is 0 Å². The maximum absolute atomic E-state index is 12.9. The van der Waals surface area contributed by atoms with Crippen molar-refractivity contribution in [3.63, 3.8) is 0 Å². The van der Waals surface area contributed by atoms with Gasteiger partial charge in [-0.2, -0.15) is 18.3 Å². The van der Waals surface area contributed by atoms with Crippen LogP contribution in [0.15, 0.2) is 42.6 Å². The lowest BCUT2D eigenvalue weighted by atomic mass is 10.0. The van der Waals surface area contributed by atoms with Crippen molar-refractivity contribution in [1.82, 2.24) is 14.8 Å². The SMILES string of the molecule is Cc1cc([C@H]2C[C@@H]2C(=O)ON2C(=O)c3ccccc3C2=O)cc2c1cnn2CC(F)(F)F. The number of benzene rings is 2. The fraction of sp³-hybridized carbons (Fsp3) is 0.273. The van der Waals surface area contributed by atoms with Crippen LogP contribution in [-0.2, 0) is 16.2 Å². The summed E-state index contributed by atoms with van der Waals surface area (Å²) in [7, 11) is 0. The lowest BCUT2D eigenvalue weighted by Crippen LogP contribution is -2.33. The molecule has 1 aliphatic carbocycles. The highest BCUT2D eigenvalue weighted by Crippen LogP contribution is 2.49. The third kappa shape index (κ3) is 3.31. The van der Waals surface area contributed by atoms with Gasteiger partial charge in [0.25, 0.3) is 11.8 Å². The smallest absolute Gasteiger partial charge is 0.329 e. The van der Waals surface area contributed by atoms with Crippen molar-refractivity contribution >= 4 is 28.7 Å². The highest BCUT2D eigenvalue weighted by Gasteiger charge is 2.48. The monoisotopic (exact) mass is 443 g/mol. The number of nitrogens with zero attached hydrogens (tertiary/aromatic N) is 3. The van der Waals surface area contributed by atoms with Gasteiger partial charge < -0.3 is 4.84 Å². The van der Waals surface area contributed by atoms with Crippen LogP contribution in [0.1, 0.15) is 44.2 Å². The van der Waals surface area contributed by atoms with E-state index in [1.54, 1.807) is 25.1 Å². The van der Waals surface area contributed by atoms with Gasteiger partial charge in [-0.1, -0.05) is 23.3 Å². The second-order valence-corrected chi connectivity index (χ2v) is 8.00. The van der Waals surface area contributed by atoms with E-state index < -0.39 is 36.4 Å². The van der Waals surface area contributed by atoms with Gasteiger partial charge in [-0.25, -0.2) is 4.79 Å². The molecule has 1 aliphatic heterocycles. The summed E-state index contributed by atoms with van der Waals surface area (Å²) in [4.78, 5) is 42.5. The first-order valence-corrected chi connectivity index (χ1v) is 9.86. The molecule has 32 heavy (non-hydrogen) atoms. The molecule has 164 valence electrons. The second-order valence-electron chi connectivity index (χ2n) is 8.00. The lowest BCUT2D eigenvalue weighted by Gasteiger charge is -2.13. The number of amides is 2. The van der Waals surface area contributed by atoms with Crippen molar-refractivity contribution in [2.24, 2.45) is 5.92 Å². The Kier molecular flexibility index (Phi) is 4.37. The number of hydrogen-bond donors (Lipinski definition) is 0. The Bertz CT molecular complexity index is 1260. The van der Waals surface area contributed by atoms with E-state index in [0.717, 1.165) is 10.2 Å². The topological polar surface area (TPSA) is 81.5 Å². The Hall–Kier alpha value is -3.69. The highest BCUT2D eigenvalue weighted by molar-refractivity contribution is 6.20. The van der Waals surface area contributed by atoms with Crippen LogP contribution >= 0.6 is 0 Å². The summed E-state index contributed by atoms with van der Waals surface area (Å²) in [6, 6.07) is 9.57. The number of carbonyl (C=O) groups excluding carboxylic acids is 3. The zero-order chi connectivity index (χ0) is 22.8. The molecule has 0 radical (unpaired) electrons. The molecule has 3 aromatic rings. The summed E-state index contributed by atoms with van der Waals surface area (Å²) >= 11 is 0. The molecule has 0 bridgehead atoms. The van der Waals surface area contributed by atoms with Gasteiger partial charge in [0.1, 0.15) is 6.54 Å². The minimum Gasteiger partial charge on any atom is -0.329 e. The predicted molar refractivity (Wildman–Crippen MR) is 104 cm³/mol. The van der Waals surface area contributed by atoms with Crippen LogP contribution in [0.5, 0.6) is 0 Å². The van der Waals surface area contributed by atoms with Gasteiger partial charge in [-0.15, -0.1) is 0 Å². The molecule has 1 fully saturated rings. The second kappa shape index (κ2) is 6.91. The molecular formula is C22H16F3N3O4. The molecule has 2 aliphatic rings. The van der Waals surface area contributed by atoms with Gasteiger partial charge in [0, 0.05) is 5.39 Å². The Balaban J connectivity index is 1.34. The summed E-state index contributed by atoms with van der Waals surface area (Å²) in [5.41, 5.74) is 2.08. The molecule has 1 aromatic heterocycles. The van der Waals surface area contributed by atoms with Crippen LogP contribution in [0, 0.1) is 12.8 Å². The number of fused-ring (bicyclic) bond motifs is 2. The number of hydrogen-bond acceptors (Lipinski definition) is 5. The molecule has 2 aromatic carbocycles. The Morgan fingerprint density at radius 2 is 1.81 bits per heavy atom. The maximum Gasteiger partial charge on any atom is 0.408 e. The molecule has 1 saturated carbocycles. The van der Waals surface area contributed by atoms with Gasteiger partial charge in [0.2, 0.25) is 0 Å². The molecular weight excluding hydrogens is 427 g/mol. The maximum atomic E-state index is 12.9. The average Bonchev–Trinajstić information content (AvgIpc) is 3.40. The summed E-state index contributed by atoms with van der Waals surface area (Å²) in [6.45, 7) is 0.551. The largest absolute Gasteiger partial charge is 0.408 e. The lowest BCUT2D eigenvalue weighted by molar-refractivity contribution is -0.170. The molecule has 2 atom stereocenters. The summed E-state index contributed by atoms with van der Waals surface area (Å²) in [5, 5.41) is 4.91. The zero-order valence-corrected chi connectivity index (χ0v) is 16.7. The molecule has 0 unspecified atom stereocenters. The van der Waals surface area contributed by atoms with E-state index in [1.165, 1.54) is 18.3 Å². The third-order valence-electron chi connectivity index (χ3n) is 5.78. The van der Waals surface area contributed by atoms with E-state index in [4.69, 9.17) is 4.84 Å². The quantitative estimate of drug-likeness (QED) is 0.574. The molecule has 10 heteroatoms. The van der Waals surface area contributed by atoms with E-state index >= 15 is 0 Å². The van der Waals surface area contributed by atoms with Crippen LogP contribution in [0.2, 0.25) is 0 Å². The zero-order valence-electron chi connectivity index (χ0n) is 16.7. The van der Waals surface area contributed by atoms with E-state index in [-0.39, 0.29) is 17.0 Å². The fourth-order valence-corrected chi connectivity index (χ4v) is 4.12. The van der Waals surface area contributed by atoms with Crippen LogP contribution < -0.4 is 0 Å². The van der Waals surface area contributed by atoms with E-state index in [9.17, 15) is 27.6 Å². The molecule has 0 N–H and O–H groups in total. The van der Waals surface area contributed by atoms with Crippen molar-refractivity contribution in [3.8, 4) is 0 Å². The first-order chi connectivity index (χ1) is 15.1. The Morgan fingerprint density at radius 3 is 2.44 bits per heavy atom. The number of hydroxylamine groups is 2. The first-order valence-electron chi connectivity index (χ1n) is 9.86. The van der Waals surface area contributed by atoms with E-state index in [1.807, 2.05) is 6.07 Å². The predicted octanol–water partition coefficient (Wildman–Crippen LogP) is 3.76. The van der Waals surface area contributed by atoms with Crippen LogP contribution in [-0.4, -0.2) is 38.8 Å². The van der Waals surface area contributed by atoms with Crippen molar-refractivity contribution in [2.45, 2.75) is 32.0 Å². The fourth-order valence-electron chi connectivity index (χ4n) is 4.12. The molecule has 5 rings (SSSR count). The van der Waals surface area contributed by atoms with Gasteiger partial charge >= 0.3 is 12.1 Å². The molecule has 7 nitrogen and oxygen atoms in total. The summed E-state index contributed by atoms with van der Waals surface area (Å²) in [6.07, 6.45) is -2.62. The average molecular weight is 443 g/mol. The summed E-state index contributed by atoms with van der Waals surface area (Å²) < 4.78 is 39.5. The normalized spacial score (nSPS) is 20.1. The van der Waals surface area contributed by atoms with Gasteiger partial charge in [-0.3, -0.25) is 14.3 Å². The van der Waals surface area contributed by atoms with Crippen molar-refractivity contribution < 1.29 is 32.4 Å². The molecule has 2 amide bonds. The van der Waals surface area contributed by atoms with Gasteiger partial charge in [-0.05, 0) is 48.6 Å². The van der Waals surface area contributed by atoms with E-state index in [0.29, 0.717) is 28.0 Å². The highest BCUT2D eigenvalue weighted by atomic mass is 19.4. The summed E-state index contributed by atoms with van der Waals surface area (Å²) in [5.74, 6) is -3.02. The van der Waals surface area contributed by atoms with Crippen LogP contribution in [0.3, 0.4) is 0 Å².